The number of hydrogen-bond donors (Lipinski definition) is 0. The SMILES string of the molecule is CC1CN(c2nc(=O)n3c4c(c(Cl)c(C(F)(F)F)cc24)SCCC3)CC(C)N1C. The van der Waals surface area contributed by atoms with Gasteiger partial charge < -0.3 is 4.90 Å². The van der Waals surface area contributed by atoms with Gasteiger partial charge >= 0.3 is 11.9 Å². The van der Waals surface area contributed by atoms with Crippen molar-refractivity contribution in [1.82, 2.24) is 14.5 Å². The Hall–Kier alpha value is -1.45. The van der Waals surface area contributed by atoms with E-state index in [1.165, 1.54) is 16.3 Å². The Kier molecular flexibility index (Phi) is 5.28. The lowest BCUT2D eigenvalue weighted by Crippen LogP contribution is -2.55. The average Bonchev–Trinajstić information content (AvgIpc) is 2.87. The summed E-state index contributed by atoms with van der Waals surface area (Å²) in [4.78, 5) is 21.6. The molecule has 10 heteroatoms. The van der Waals surface area contributed by atoms with Gasteiger partial charge in [0.25, 0.3) is 0 Å². The van der Waals surface area contributed by atoms with Crippen LogP contribution in [0.25, 0.3) is 10.9 Å². The monoisotopic (exact) mass is 446 g/mol. The zero-order chi connectivity index (χ0) is 21.1. The van der Waals surface area contributed by atoms with Crippen LogP contribution in [0.2, 0.25) is 5.02 Å². The maximum absolute atomic E-state index is 13.7. The molecule has 2 aromatic rings. The van der Waals surface area contributed by atoms with Crippen LogP contribution in [0.15, 0.2) is 15.8 Å². The van der Waals surface area contributed by atoms with E-state index in [4.69, 9.17) is 11.6 Å². The predicted molar refractivity (Wildman–Crippen MR) is 110 cm³/mol. The van der Waals surface area contributed by atoms with Gasteiger partial charge in [-0.15, -0.1) is 11.8 Å². The minimum absolute atomic E-state index is 0.178. The predicted octanol–water partition coefficient (Wildman–Crippen LogP) is 4.09. The molecule has 0 N–H and O–H groups in total. The van der Waals surface area contributed by atoms with Crippen molar-refractivity contribution in [3.05, 3.63) is 27.1 Å². The molecule has 1 aromatic carbocycles. The van der Waals surface area contributed by atoms with Gasteiger partial charge in [-0.3, -0.25) is 9.47 Å². The van der Waals surface area contributed by atoms with Crippen LogP contribution in [0.1, 0.15) is 25.8 Å². The molecule has 0 radical (unpaired) electrons. The van der Waals surface area contributed by atoms with Crippen LogP contribution in [0, 0.1) is 0 Å². The number of likely N-dealkylation sites (N-methyl/N-ethyl adjacent to an activating group) is 1. The molecule has 1 saturated heterocycles. The Balaban J connectivity index is 2.03. The van der Waals surface area contributed by atoms with Crippen LogP contribution < -0.4 is 10.6 Å². The molecular weight excluding hydrogens is 425 g/mol. The molecule has 0 bridgehead atoms. The zero-order valence-electron chi connectivity index (χ0n) is 16.4. The number of anilines is 1. The molecule has 1 aromatic heterocycles. The number of piperazine rings is 1. The summed E-state index contributed by atoms with van der Waals surface area (Å²) in [5, 5.41) is 0.0111. The molecule has 158 valence electrons. The minimum Gasteiger partial charge on any atom is -0.353 e. The van der Waals surface area contributed by atoms with Gasteiger partial charge in [0.2, 0.25) is 0 Å². The molecule has 2 aliphatic heterocycles. The summed E-state index contributed by atoms with van der Waals surface area (Å²) in [5.41, 5.74) is -0.842. The number of benzene rings is 1. The largest absolute Gasteiger partial charge is 0.417 e. The second-order valence-corrected chi connectivity index (χ2v) is 9.28. The topological polar surface area (TPSA) is 41.4 Å². The van der Waals surface area contributed by atoms with E-state index in [1.807, 2.05) is 11.9 Å². The molecule has 0 saturated carbocycles. The van der Waals surface area contributed by atoms with E-state index in [-0.39, 0.29) is 17.1 Å². The third-order valence-corrected chi connectivity index (χ3v) is 7.56. The fourth-order valence-electron chi connectivity index (χ4n) is 4.13. The maximum Gasteiger partial charge on any atom is 0.417 e. The van der Waals surface area contributed by atoms with Crippen molar-refractivity contribution in [1.29, 1.82) is 0 Å². The van der Waals surface area contributed by atoms with Crippen molar-refractivity contribution in [2.24, 2.45) is 0 Å². The van der Waals surface area contributed by atoms with Crippen LogP contribution in [0.5, 0.6) is 0 Å². The van der Waals surface area contributed by atoms with Crippen molar-refractivity contribution < 1.29 is 13.2 Å². The smallest absolute Gasteiger partial charge is 0.353 e. The Morgan fingerprint density at radius 3 is 2.52 bits per heavy atom. The second kappa shape index (κ2) is 7.35. The molecule has 0 aliphatic carbocycles. The summed E-state index contributed by atoms with van der Waals surface area (Å²) in [7, 11) is 2.02. The van der Waals surface area contributed by atoms with E-state index in [1.54, 1.807) is 0 Å². The summed E-state index contributed by atoms with van der Waals surface area (Å²) >= 11 is 7.49. The highest BCUT2D eigenvalue weighted by Crippen LogP contribution is 2.46. The molecule has 1 fully saturated rings. The Labute approximate surface area is 175 Å². The van der Waals surface area contributed by atoms with Gasteiger partial charge in [0.15, 0.2) is 0 Å². The number of hydrogen-bond acceptors (Lipinski definition) is 5. The Bertz CT molecular complexity index is 1010. The number of halogens is 4. The lowest BCUT2D eigenvalue weighted by atomic mass is 10.1. The Morgan fingerprint density at radius 1 is 1.24 bits per heavy atom. The van der Waals surface area contributed by atoms with Crippen LogP contribution >= 0.6 is 23.4 Å². The molecule has 0 amide bonds. The minimum atomic E-state index is -4.59. The van der Waals surface area contributed by atoms with E-state index in [0.717, 1.165) is 6.07 Å². The third-order valence-electron chi connectivity index (χ3n) is 5.88. The molecule has 3 heterocycles. The highest BCUT2D eigenvalue weighted by atomic mass is 35.5. The first kappa shape index (κ1) is 20.8. The second-order valence-electron chi connectivity index (χ2n) is 7.80. The molecule has 29 heavy (non-hydrogen) atoms. The molecular formula is C19H22ClF3N4OS. The van der Waals surface area contributed by atoms with Crippen LogP contribution in [0.4, 0.5) is 19.0 Å². The van der Waals surface area contributed by atoms with E-state index in [0.29, 0.717) is 53.4 Å². The van der Waals surface area contributed by atoms with Gasteiger partial charge in [-0.25, -0.2) is 4.79 Å². The number of alkyl halides is 3. The molecule has 2 aliphatic rings. The van der Waals surface area contributed by atoms with Crippen molar-refractivity contribution in [3.8, 4) is 0 Å². The number of aryl methyl sites for hydroxylation is 1. The normalized spacial score (nSPS) is 23.5. The maximum atomic E-state index is 13.7. The lowest BCUT2D eigenvalue weighted by molar-refractivity contribution is -0.137. The Morgan fingerprint density at radius 2 is 1.90 bits per heavy atom. The summed E-state index contributed by atoms with van der Waals surface area (Å²) in [6, 6.07) is 1.42. The van der Waals surface area contributed by atoms with E-state index in [2.05, 4.69) is 23.7 Å². The number of nitrogens with zero attached hydrogens (tertiary/aromatic N) is 4. The van der Waals surface area contributed by atoms with Crippen molar-refractivity contribution >= 4 is 40.1 Å². The first-order valence-electron chi connectivity index (χ1n) is 9.53. The van der Waals surface area contributed by atoms with Gasteiger partial charge in [0.1, 0.15) is 5.82 Å². The van der Waals surface area contributed by atoms with Gasteiger partial charge in [-0.1, -0.05) is 11.6 Å². The highest BCUT2D eigenvalue weighted by molar-refractivity contribution is 7.99. The van der Waals surface area contributed by atoms with Crippen molar-refractivity contribution in [2.75, 3.05) is 30.8 Å². The quantitative estimate of drug-likeness (QED) is 0.660. The summed E-state index contributed by atoms with van der Waals surface area (Å²) < 4.78 is 42.7. The first-order valence-corrected chi connectivity index (χ1v) is 10.9. The first-order chi connectivity index (χ1) is 13.6. The molecule has 5 nitrogen and oxygen atoms in total. The van der Waals surface area contributed by atoms with Gasteiger partial charge in [-0.05, 0) is 39.1 Å². The van der Waals surface area contributed by atoms with Gasteiger partial charge in [0.05, 0.1) is 21.0 Å². The molecule has 2 atom stereocenters. The number of aromatic nitrogens is 2. The highest BCUT2D eigenvalue weighted by Gasteiger charge is 2.37. The zero-order valence-corrected chi connectivity index (χ0v) is 18.0. The fraction of sp³-hybridized carbons (Fsp3) is 0.579. The number of thioether (sulfide) groups is 1. The van der Waals surface area contributed by atoms with Crippen LogP contribution in [-0.4, -0.2) is 52.4 Å². The van der Waals surface area contributed by atoms with Crippen LogP contribution in [-0.2, 0) is 12.7 Å². The summed E-state index contributed by atoms with van der Waals surface area (Å²) in [6.45, 7) is 5.69. The molecule has 2 unspecified atom stereocenters. The third kappa shape index (κ3) is 3.51. The summed E-state index contributed by atoms with van der Waals surface area (Å²) in [6.07, 6.45) is -3.93. The molecule has 0 spiro atoms. The lowest BCUT2D eigenvalue weighted by Gasteiger charge is -2.43. The summed E-state index contributed by atoms with van der Waals surface area (Å²) in [5.74, 6) is 0.911. The van der Waals surface area contributed by atoms with Crippen molar-refractivity contribution in [2.45, 2.75) is 50.0 Å². The van der Waals surface area contributed by atoms with Gasteiger partial charge in [-0.2, -0.15) is 18.2 Å². The standard InChI is InChI=1S/C19H22ClF3N4OS/c1-10-8-26(9-11(2)25(10)3)17-12-7-13(19(21,22)23)14(20)16-15(12)27(18(28)24-17)5-4-6-29-16/h7,10-11H,4-6,8-9H2,1-3H3. The molecule has 4 rings (SSSR count). The number of rotatable bonds is 1. The average molecular weight is 447 g/mol. The fourth-order valence-corrected chi connectivity index (χ4v) is 5.62. The van der Waals surface area contributed by atoms with Crippen LogP contribution in [0.3, 0.4) is 0 Å². The van der Waals surface area contributed by atoms with E-state index in [9.17, 15) is 18.0 Å². The van der Waals surface area contributed by atoms with Crippen molar-refractivity contribution in [3.63, 3.8) is 0 Å². The van der Waals surface area contributed by atoms with E-state index < -0.39 is 17.4 Å². The van der Waals surface area contributed by atoms with Gasteiger partial charge in [0, 0.05) is 37.1 Å². The van der Waals surface area contributed by atoms with E-state index >= 15 is 0 Å².